The van der Waals surface area contributed by atoms with Gasteiger partial charge < -0.3 is 4.74 Å². The van der Waals surface area contributed by atoms with Gasteiger partial charge in [-0.05, 0) is 50.3 Å². The highest BCUT2D eigenvalue weighted by atomic mass is 35.5. The zero-order chi connectivity index (χ0) is 13.2. The Bertz CT molecular complexity index is 416. The summed E-state index contributed by atoms with van der Waals surface area (Å²) in [6.45, 7) is 4.97. The molecular formula is C14H21ClN2O. The topological polar surface area (TPSA) is 47.3 Å². The zero-order valence-electron chi connectivity index (χ0n) is 11.0. The second-order valence-corrected chi connectivity index (χ2v) is 5.69. The molecule has 1 saturated heterocycles. The van der Waals surface area contributed by atoms with Gasteiger partial charge in [-0.1, -0.05) is 23.7 Å². The van der Waals surface area contributed by atoms with Crippen molar-refractivity contribution in [3.63, 3.8) is 0 Å². The number of hydrogen-bond donors (Lipinski definition) is 2. The summed E-state index contributed by atoms with van der Waals surface area (Å²) in [5.74, 6) is 5.69. The minimum atomic E-state index is -0.192. The van der Waals surface area contributed by atoms with Crippen LogP contribution in [0.25, 0.3) is 0 Å². The molecule has 18 heavy (non-hydrogen) atoms. The minimum Gasteiger partial charge on any atom is -0.374 e. The predicted octanol–water partition coefficient (Wildman–Crippen LogP) is 2.59. The van der Waals surface area contributed by atoms with Gasteiger partial charge in [-0.25, -0.2) is 0 Å². The summed E-state index contributed by atoms with van der Waals surface area (Å²) in [5.41, 5.74) is 4.98. The van der Waals surface area contributed by atoms with E-state index in [0.29, 0.717) is 0 Å². The van der Waals surface area contributed by atoms with Crippen LogP contribution in [0.4, 0.5) is 0 Å². The normalized spacial score (nSPS) is 25.3. The molecule has 3 nitrogen and oxygen atoms in total. The van der Waals surface area contributed by atoms with Crippen LogP contribution in [0.2, 0.25) is 5.02 Å². The van der Waals surface area contributed by atoms with Crippen molar-refractivity contribution in [1.29, 1.82) is 0 Å². The van der Waals surface area contributed by atoms with Crippen LogP contribution >= 0.6 is 11.6 Å². The SMILES string of the molecule is Cc1ccc(CC(NN)C2(C)CCCO2)c(Cl)c1. The third-order valence-electron chi connectivity index (χ3n) is 3.82. The molecule has 4 heteroatoms. The van der Waals surface area contributed by atoms with Crippen LogP contribution in [0.3, 0.4) is 0 Å². The molecule has 0 aromatic heterocycles. The van der Waals surface area contributed by atoms with Crippen LogP contribution in [-0.2, 0) is 11.2 Å². The third-order valence-corrected chi connectivity index (χ3v) is 4.17. The first-order valence-corrected chi connectivity index (χ1v) is 6.78. The predicted molar refractivity (Wildman–Crippen MR) is 74.6 cm³/mol. The molecule has 1 aliphatic rings. The lowest BCUT2D eigenvalue weighted by molar-refractivity contribution is -0.0115. The Kier molecular flexibility index (Phi) is 4.28. The van der Waals surface area contributed by atoms with Crippen molar-refractivity contribution >= 4 is 11.6 Å². The molecule has 1 aromatic rings. The number of nitrogens with two attached hydrogens (primary N) is 1. The lowest BCUT2D eigenvalue weighted by atomic mass is 9.88. The molecule has 0 amide bonds. The van der Waals surface area contributed by atoms with Crippen LogP contribution in [0.15, 0.2) is 18.2 Å². The Morgan fingerprint density at radius 1 is 1.56 bits per heavy atom. The quantitative estimate of drug-likeness (QED) is 0.652. The van der Waals surface area contributed by atoms with Crippen molar-refractivity contribution in [2.24, 2.45) is 5.84 Å². The summed E-state index contributed by atoms with van der Waals surface area (Å²) in [7, 11) is 0. The van der Waals surface area contributed by atoms with E-state index in [1.165, 1.54) is 5.56 Å². The molecule has 100 valence electrons. The van der Waals surface area contributed by atoms with Crippen molar-refractivity contribution in [2.75, 3.05) is 6.61 Å². The molecule has 2 unspecified atom stereocenters. The molecule has 1 fully saturated rings. The second kappa shape index (κ2) is 5.57. The van der Waals surface area contributed by atoms with Crippen LogP contribution in [0, 0.1) is 6.92 Å². The fraction of sp³-hybridized carbons (Fsp3) is 0.571. The Hall–Kier alpha value is -0.610. The van der Waals surface area contributed by atoms with Gasteiger partial charge in [0.25, 0.3) is 0 Å². The molecular weight excluding hydrogens is 248 g/mol. The van der Waals surface area contributed by atoms with E-state index in [-0.39, 0.29) is 11.6 Å². The van der Waals surface area contributed by atoms with Crippen molar-refractivity contribution < 1.29 is 4.74 Å². The van der Waals surface area contributed by atoms with E-state index in [1.807, 2.05) is 13.0 Å². The lowest BCUT2D eigenvalue weighted by Gasteiger charge is -2.33. The Morgan fingerprint density at radius 3 is 2.89 bits per heavy atom. The van der Waals surface area contributed by atoms with E-state index < -0.39 is 0 Å². The summed E-state index contributed by atoms with van der Waals surface area (Å²) < 4.78 is 5.84. The molecule has 0 saturated carbocycles. The maximum Gasteiger partial charge on any atom is 0.0824 e. The first-order chi connectivity index (χ1) is 8.55. The second-order valence-electron chi connectivity index (χ2n) is 5.28. The number of hydrogen-bond acceptors (Lipinski definition) is 3. The maximum absolute atomic E-state index is 6.27. The van der Waals surface area contributed by atoms with Crippen LogP contribution in [-0.4, -0.2) is 18.2 Å². The van der Waals surface area contributed by atoms with E-state index in [9.17, 15) is 0 Å². The largest absolute Gasteiger partial charge is 0.374 e. The lowest BCUT2D eigenvalue weighted by Crippen LogP contribution is -2.52. The summed E-state index contributed by atoms with van der Waals surface area (Å²) in [6.07, 6.45) is 2.91. The molecule has 3 N–H and O–H groups in total. The molecule has 1 aliphatic heterocycles. The average Bonchev–Trinajstić information content (AvgIpc) is 2.76. The van der Waals surface area contributed by atoms with Gasteiger partial charge in [-0.3, -0.25) is 11.3 Å². The van der Waals surface area contributed by atoms with E-state index in [0.717, 1.165) is 36.5 Å². The van der Waals surface area contributed by atoms with Crippen molar-refractivity contribution in [2.45, 2.75) is 44.8 Å². The summed E-state index contributed by atoms with van der Waals surface area (Å²) >= 11 is 6.27. The maximum atomic E-state index is 6.27. The Morgan fingerprint density at radius 2 is 2.33 bits per heavy atom. The third kappa shape index (κ3) is 2.86. The number of hydrazine groups is 1. The van der Waals surface area contributed by atoms with Crippen molar-refractivity contribution in [3.05, 3.63) is 34.3 Å². The molecule has 2 atom stereocenters. The minimum absolute atomic E-state index is 0.0835. The van der Waals surface area contributed by atoms with E-state index in [2.05, 4.69) is 24.5 Å². The van der Waals surface area contributed by atoms with Crippen LogP contribution < -0.4 is 11.3 Å². The summed E-state index contributed by atoms with van der Waals surface area (Å²) in [6, 6.07) is 6.22. The average molecular weight is 269 g/mol. The smallest absolute Gasteiger partial charge is 0.0824 e. The fourth-order valence-electron chi connectivity index (χ4n) is 2.56. The van der Waals surface area contributed by atoms with Gasteiger partial charge in [-0.2, -0.15) is 0 Å². The molecule has 1 heterocycles. The highest BCUT2D eigenvalue weighted by molar-refractivity contribution is 6.31. The molecule has 0 aliphatic carbocycles. The highest BCUT2D eigenvalue weighted by Gasteiger charge is 2.38. The molecule has 2 rings (SSSR count). The molecule has 0 bridgehead atoms. The number of aryl methyl sites for hydroxylation is 1. The molecule has 0 radical (unpaired) electrons. The molecule has 1 aromatic carbocycles. The van der Waals surface area contributed by atoms with Gasteiger partial charge in [0.15, 0.2) is 0 Å². The Labute approximate surface area is 114 Å². The molecule has 0 spiro atoms. The zero-order valence-corrected chi connectivity index (χ0v) is 11.8. The first kappa shape index (κ1) is 13.8. The number of rotatable bonds is 4. The van der Waals surface area contributed by atoms with E-state index in [4.69, 9.17) is 22.2 Å². The van der Waals surface area contributed by atoms with Gasteiger partial charge in [-0.15, -0.1) is 0 Å². The number of ether oxygens (including phenoxy) is 1. The van der Waals surface area contributed by atoms with Crippen LogP contribution in [0.5, 0.6) is 0 Å². The summed E-state index contributed by atoms with van der Waals surface area (Å²) in [5, 5.41) is 0.803. The Balaban J connectivity index is 2.15. The van der Waals surface area contributed by atoms with Crippen molar-refractivity contribution in [1.82, 2.24) is 5.43 Å². The van der Waals surface area contributed by atoms with E-state index >= 15 is 0 Å². The highest BCUT2D eigenvalue weighted by Crippen LogP contribution is 2.31. The van der Waals surface area contributed by atoms with Crippen molar-refractivity contribution in [3.8, 4) is 0 Å². The van der Waals surface area contributed by atoms with Gasteiger partial charge in [0.1, 0.15) is 0 Å². The van der Waals surface area contributed by atoms with Gasteiger partial charge in [0, 0.05) is 11.6 Å². The number of benzene rings is 1. The summed E-state index contributed by atoms with van der Waals surface area (Å²) in [4.78, 5) is 0. The van der Waals surface area contributed by atoms with Crippen LogP contribution in [0.1, 0.15) is 30.9 Å². The standard InChI is InChI=1S/C14H21ClN2O/c1-10-4-5-11(12(15)8-10)9-13(17-16)14(2)6-3-7-18-14/h4-5,8,13,17H,3,6-7,9,16H2,1-2H3. The van der Waals surface area contributed by atoms with Gasteiger partial charge in [0.2, 0.25) is 0 Å². The number of halogens is 1. The van der Waals surface area contributed by atoms with Gasteiger partial charge in [0.05, 0.1) is 11.6 Å². The monoisotopic (exact) mass is 268 g/mol. The van der Waals surface area contributed by atoms with Gasteiger partial charge >= 0.3 is 0 Å². The fourth-order valence-corrected chi connectivity index (χ4v) is 2.88. The van der Waals surface area contributed by atoms with E-state index in [1.54, 1.807) is 0 Å². The first-order valence-electron chi connectivity index (χ1n) is 6.40. The number of nitrogens with one attached hydrogen (secondary N) is 1.